The van der Waals surface area contributed by atoms with Crippen LogP contribution in [-0.4, -0.2) is 10.3 Å². The van der Waals surface area contributed by atoms with E-state index >= 15 is 0 Å². The smallest absolute Gasteiger partial charge is 0.0541 e. The Morgan fingerprint density at radius 1 is 0.785 bits per heavy atom. The fourth-order valence-corrected chi connectivity index (χ4v) is 12.4. The van der Waals surface area contributed by atoms with Crippen LogP contribution in [0.1, 0.15) is 121 Å². The molecule has 2 atom stereocenters. The highest BCUT2D eigenvalue weighted by molar-refractivity contribution is 7.99. The summed E-state index contributed by atoms with van der Waals surface area (Å²) in [6.45, 7) is 15.6. The summed E-state index contributed by atoms with van der Waals surface area (Å²) in [5.41, 5.74) is 23.1. The van der Waals surface area contributed by atoms with Gasteiger partial charge in [0.1, 0.15) is 0 Å². The van der Waals surface area contributed by atoms with Crippen LogP contribution in [0.4, 0.5) is 0 Å². The van der Waals surface area contributed by atoms with Gasteiger partial charge in [0.2, 0.25) is 0 Å². The van der Waals surface area contributed by atoms with E-state index in [2.05, 4.69) is 197 Å². The summed E-state index contributed by atoms with van der Waals surface area (Å²) in [5, 5.41) is 2.60. The SMILES string of the molecule is C/C=C(\C=C/CC)c1ccc(-c2ccc3c(c2)c2cc(C4=CC=C5C6=C(C=CCC6)C=CC5C4)ccc2n3-c2ccc3c(c2)C(C)(C)c2ccc4c(c2-3)SC/C=C\CCC4C)cc1.CC. The maximum atomic E-state index is 2.54. The molecule has 0 radical (unpaired) electrons. The van der Waals surface area contributed by atoms with Crippen LogP contribution in [0.2, 0.25) is 0 Å². The first kappa shape index (κ1) is 43.1. The molecule has 11 rings (SSSR count). The molecule has 326 valence electrons. The predicted molar refractivity (Wildman–Crippen MR) is 284 cm³/mol. The molecule has 0 fully saturated rings. The van der Waals surface area contributed by atoms with Gasteiger partial charge in [-0.1, -0.05) is 163 Å². The predicted octanol–water partition coefficient (Wildman–Crippen LogP) is 18.2. The number of benzene rings is 5. The molecule has 0 spiro atoms. The highest BCUT2D eigenvalue weighted by Gasteiger charge is 2.38. The Bertz CT molecular complexity index is 3110. The first-order valence-corrected chi connectivity index (χ1v) is 25.4. The van der Waals surface area contributed by atoms with Crippen molar-refractivity contribution in [3.05, 3.63) is 202 Å². The van der Waals surface area contributed by atoms with E-state index in [1.165, 1.54) is 111 Å². The van der Waals surface area contributed by atoms with Crippen LogP contribution in [0.5, 0.6) is 0 Å². The van der Waals surface area contributed by atoms with Crippen molar-refractivity contribution in [1.82, 2.24) is 4.57 Å². The quantitative estimate of drug-likeness (QED) is 0.119. The maximum Gasteiger partial charge on any atom is 0.0541 e. The maximum absolute atomic E-state index is 2.54. The van der Waals surface area contributed by atoms with E-state index in [0.29, 0.717) is 11.8 Å². The largest absolute Gasteiger partial charge is 0.309 e. The summed E-state index contributed by atoms with van der Waals surface area (Å²) < 4.78 is 2.54. The van der Waals surface area contributed by atoms with E-state index < -0.39 is 0 Å². The van der Waals surface area contributed by atoms with Crippen molar-refractivity contribution in [2.45, 2.75) is 103 Å². The third kappa shape index (κ3) is 7.53. The first-order valence-electron chi connectivity index (χ1n) is 24.4. The highest BCUT2D eigenvalue weighted by atomic mass is 32.2. The molecule has 1 aliphatic heterocycles. The van der Waals surface area contributed by atoms with Gasteiger partial charge in [0.15, 0.2) is 0 Å². The van der Waals surface area contributed by atoms with Crippen LogP contribution < -0.4 is 0 Å². The molecule has 0 N–H and O–H groups in total. The summed E-state index contributed by atoms with van der Waals surface area (Å²) in [7, 11) is 0. The normalized spacial score (nSPS) is 20.1. The Balaban J connectivity index is 0.00000246. The second kappa shape index (κ2) is 17.9. The minimum absolute atomic E-state index is 0.115. The van der Waals surface area contributed by atoms with Gasteiger partial charge in [0, 0.05) is 38.4 Å². The molecule has 65 heavy (non-hydrogen) atoms. The van der Waals surface area contributed by atoms with E-state index in [4.69, 9.17) is 0 Å². The van der Waals surface area contributed by atoms with Crippen molar-refractivity contribution in [2.24, 2.45) is 5.92 Å². The third-order valence-corrected chi connectivity index (χ3v) is 15.8. The Kier molecular flexibility index (Phi) is 11.8. The van der Waals surface area contributed by atoms with Crippen molar-refractivity contribution >= 4 is 44.7 Å². The Labute approximate surface area is 392 Å². The number of hydrogen-bond acceptors (Lipinski definition) is 1. The van der Waals surface area contributed by atoms with Crippen molar-refractivity contribution in [1.29, 1.82) is 0 Å². The average Bonchev–Trinajstić information content (AvgIpc) is 3.82. The number of hydrogen-bond donors (Lipinski definition) is 0. The van der Waals surface area contributed by atoms with Gasteiger partial charge in [-0.2, -0.15) is 0 Å². The van der Waals surface area contributed by atoms with Crippen molar-refractivity contribution < 1.29 is 0 Å². The standard InChI is InChI=1S/C61H57NS.C2H6/c1-6-8-15-40(7-2)41-18-20-42(21-19-41)45-25-32-57-53(36-45)54-37-46(44-24-28-51-47(35-44)23-22-43-16-11-12-17-50(43)51)26-33-58(54)62(57)48-27-29-52-56(38-48)61(4,5)55-31-30-49-39(3)14-10-9-13-34-63-60(49)59(52)55;1-2/h7-9,11,13,15-16,18-33,36-39,47H,6,10,12,14,17,34-35H2,1-5H3;1-2H3/b13-9-,15-8-,40-7+;. The molecular weight excluding hydrogens is 803 g/mol. The molecule has 0 saturated heterocycles. The van der Waals surface area contributed by atoms with Crippen molar-refractivity contribution in [2.75, 3.05) is 5.75 Å². The van der Waals surface area contributed by atoms with Gasteiger partial charge in [-0.15, -0.1) is 11.8 Å². The van der Waals surface area contributed by atoms with Gasteiger partial charge >= 0.3 is 0 Å². The Morgan fingerprint density at radius 3 is 2.34 bits per heavy atom. The Morgan fingerprint density at radius 2 is 1.55 bits per heavy atom. The molecule has 0 bridgehead atoms. The minimum Gasteiger partial charge on any atom is -0.309 e. The van der Waals surface area contributed by atoms with Gasteiger partial charge < -0.3 is 4.57 Å². The lowest BCUT2D eigenvalue weighted by molar-refractivity contribution is 0.653. The van der Waals surface area contributed by atoms with Gasteiger partial charge in [0.25, 0.3) is 0 Å². The van der Waals surface area contributed by atoms with Crippen LogP contribution in [0.25, 0.3) is 60.9 Å². The second-order valence-electron chi connectivity index (χ2n) is 18.8. The third-order valence-electron chi connectivity index (χ3n) is 14.8. The van der Waals surface area contributed by atoms with E-state index in [1.807, 2.05) is 25.6 Å². The average molecular weight is 866 g/mol. The summed E-state index contributed by atoms with van der Waals surface area (Å²) in [4.78, 5) is 1.49. The molecule has 0 amide bonds. The number of nitrogens with zero attached hydrogens (tertiary/aromatic N) is 1. The monoisotopic (exact) mass is 865 g/mol. The van der Waals surface area contributed by atoms with Gasteiger partial charge in [-0.3, -0.25) is 0 Å². The zero-order valence-electron chi connectivity index (χ0n) is 39.5. The molecule has 0 saturated carbocycles. The number of aromatic nitrogens is 1. The van der Waals surface area contributed by atoms with E-state index in [0.717, 1.165) is 37.9 Å². The van der Waals surface area contributed by atoms with E-state index in [1.54, 1.807) is 5.57 Å². The molecule has 5 aromatic carbocycles. The summed E-state index contributed by atoms with van der Waals surface area (Å²) in [6.07, 6.45) is 32.4. The molecule has 5 aliphatic rings. The van der Waals surface area contributed by atoms with Crippen molar-refractivity contribution in [3.8, 4) is 27.9 Å². The zero-order chi connectivity index (χ0) is 44.8. The molecule has 4 aliphatic carbocycles. The number of fused-ring (bicyclic) bond motifs is 10. The summed E-state index contributed by atoms with van der Waals surface area (Å²) in [5.74, 6) is 1.99. The first-order chi connectivity index (χ1) is 31.8. The van der Waals surface area contributed by atoms with Gasteiger partial charge in [-0.25, -0.2) is 0 Å². The molecule has 2 heteroatoms. The summed E-state index contributed by atoms with van der Waals surface area (Å²) >= 11 is 2.03. The number of rotatable bonds is 6. The van der Waals surface area contributed by atoms with Crippen LogP contribution >= 0.6 is 11.8 Å². The number of thioether (sulfide) groups is 1. The van der Waals surface area contributed by atoms with E-state index in [-0.39, 0.29) is 5.41 Å². The van der Waals surface area contributed by atoms with Gasteiger partial charge in [-0.05, 0) is 166 Å². The Hall–Kier alpha value is -5.83. The van der Waals surface area contributed by atoms with Crippen LogP contribution in [0.15, 0.2) is 179 Å². The topological polar surface area (TPSA) is 4.93 Å². The fraction of sp³-hybridized carbons (Fsp3) is 0.270. The summed E-state index contributed by atoms with van der Waals surface area (Å²) in [6, 6.07) is 35.8. The highest BCUT2D eigenvalue weighted by Crippen LogP contribution is 2.55. The van der Waals surface area contributed by atoms with Gasteiger partial charge in [0.05, 0.1) is 11.0 Å². The lowest BCUT2D eigenvalue weighted by atomic mass is 9.74. The number of allylic oxidation sites excluding steroid dienone is 15. The fourth-order valence-electron chi connectivity index (χ4n) is 11.2. The molecule has 1 nitrogen and oxygen atoms in total. The van der Waals surface area contributed by atoms with Crippen LogP contribution in [-0.2, 0) is 5.41 Å². The van der Waals surface area contributed by atoms with Crippen LogP contribution in [0.3, 0.4) is 0 Å². The molecule has 2 heterocycles. The van der Waals surface area contributed by atoms with Crippen LogP contribution in [0, 0.1) is 5.92 Å². The lowest BCUT2D eigenvalue weighted by Gasteiger charge is -2.30. The zero-order valence-corrected chi connectivity index (χ0v) is 40.3. The molecule has 6 aromatic rings. The van der Waals surface area contributed by atoms with Crippen molar-refractivity contribution in [3.63, 3.8) is 0 Å². The minimum atomic E-state index is -0.115. The molecular formula is C63H63NS. The second-order valence-corrected chi connectivity index (χ2v) is 19.8. The molecule has 2 unspecified atom stereocenters. The van der Waals surface area contributed by atoms with E-state index in [9.17, 15) is 0 Å². The molecule has 1 aromatic heterocycles. The lowest BCUT2D eigenvalue weighted by Crippen LogP contribution is -2.15.